The molecule has 0 aromatic rings. The van der Waals surface area contributed by atoms with Crippen molar-refractivity contribution in [1.82, 2.24) is 0 Å². The minimum atomic E-state index is -0.198. The largest absolute Gasteiger partial charge is 0.466 e. The summed E-state index contributed by atoms with van der Waals surface area (Å²) in [4.78, 5) is 21.8. The van der Waals surface area contributed by atoms with E-state index >= 15 is 0 Å². The lowest BCUT2D eigenvalue weighted by molar-refractivity contribution is -0.141. The summed E-state index contributed by atoms with van der Waals surface area (Å²) in [6, 6.07) is 0. The summed E-state index contributed by atoms with van der Waals surface area (Å²) in [7, 11) is 0. The van der Waals surface area contributed by atoms with E-state index < -0.39 is 0 Å². The third kappa shape index (κ3) is 6.25. The van der Waals surface area contributed by atoms with Crippen molar-refractivity contribution in [1.29, 1.82) is 0 Å². The first-order valence-electron chi connectivity index (χ1n) is 6.56. The highest BCUT2D eigenvalue weighted by atomic mass is 16.5. The van der Waals surface area contributed by atoms with Gasteiger partial charge in [0.25, 0.3) is 0 Å². The average Bonchev–Trinajstić information content (AvgIpc) is 2.68. The third-order valence-electron chi connectivity index (χ3n) is 3.02. The van der Waals surface area contributed by atoms with Gasteiger partial charge in [-0.15, -0.1) is 0 Å². The van der Waals surface area contributed by atoms with Gasteiger partial charge in [0.05, 0.1) is 6.61 Å². The standard InChI is InChI=1S/C14H22O3/c1-12(15)17-11-6-4-2-3-5-8-13-9-7-10-14(13)16/h9H,2-8,10-11H2,1H3. The number of hydrogen-bond donors (Lipinski definition) is 0. The average molecular weight is 238 g/mol. The smallest absolute Gasteiger partial charge is 0.302 e. The lowest BCUT2D eigenvalue weighted by Crippen LogP contribution is -2.00. The highest BCUT2D eigenvalue weighted by Crippen LogP contribution is 2.20. The number of hydrogen-bond acceptors (Lipinski definition) is 3. The number of Topliss-reactive ketones (excluding diaryl/α,β-unsaturated/α-hetero) is 1. The minimum absolute atomic E-state index is 0.198. The monoisotopic (exact) mass is 238 g/mol. The van der Waals surface area contributed by atoms with Gasteiger partial charge in [-0.3, -0.25) is 9.59 Å². The zero-order valence-corrected chi connectivity index (χ0v) is 10.7. The van der Waals surface area contributed by atoms with Crippen molar-refractivity contribution in [3.8, 4) is 0 Å². The van der Waals surface area contributed by atoms with Gasteiger partial charge in [0.15, 0.2) is 5.78 Å². The summed E-state index contributed by atoms with van der Waals surface area (Å²) in [5.41, 5.74) is 1.05. The zero-order valence-electron chi connectivity index (χ0n) is 10.7. The summed E-state index contributed by atoms with van der Waals surface area (Å²) in [5.74, 6) is 0.150. The van der Waals surface area contributed by atoms with Crippen LogP contribution in [0, 0.1) is 0 Å². The second-order valence-corrected chi connectivity index (χ2v) is 4.55. The van der Waals surface area contributed by atoms with Crippen molar-refractivity contribution >= 4 is 11.8 Å². The molecule has 17 heavy (non-hydrogen) atoms. The molecule has 0 saturated carbocycles. The Hall–Kier alpha value is -1.12. The SMILES string of the molecule is CC(=O)OCCCCCCCC1=CCCC1=O. The highest BCUT2D eigenvalue weighted by molar-refractivity contribution is 5.97. The van der Waals surface area contributed by atoms with Gasteiger partial charge in [0.1, 0.15) is 0 Å². The second kappa shape index (κ2) is 8.04. The number of esters is 1. The molecule has 0 atom stereocenters. The molecule has 0 aliphatic heterocycles. The van der Waals surface area contributed by atoms with Gasteiger partial charge in [-0.25, -0.2) is 0 Å². The minimum Gasteiger partial charge on any atom is -0.466 e. The van der Waals surface area contributed by atoms with Crippen LogP contribution in [0.4, 0.5) is 0 Å². The number of allylic oxidation sites excluding steroid dienone is 2. The highest BCUT2D eigenvalue weighted by Gasteiger charge is 2.13. The molecule has 0 heterocycles. The molecule has 1 rings (SSSR count). The molecule has 0 bridgehead atoms. The molecule has 0 aromatic carbocycles. The van der Waals surface area contributed by atoms with Crippen LogP contribution in [0.1, 0.15) is 58.3 Å². The summed E-state index contributed by atoms with van der Waals surface area (Å²) >= 11 is 0. The molecule has 0 fully saturated rings. The number of carbonyl (C=O) groups is 2. The van der Waals surface area contributed by atoms with Gasteiger partial charge in [-0.2, -0.15) is 0 Å². The molecule has 1 aliphatic carbocycles. The van der Waals surface area contributed by atoms with Crippen LogP contribution in [-0.2, 0) is 14.3 Å². The fourth-order valence-electron chi connectivity index (χ4n) is 2.06. The van der Waals surface area contributed by atoms with Gasteiger partial charge >= 0.3 is 5.97 Å². The van der Waals surface area contributed by atoms with E-state index in [-0.39, 0.29) is 5.97 Å². The van der Waals surface area contributed by atoms with Crippen LogP contribution >= 0.6 is 0 Å². The Labute approximate surface area is 103 Å². The molecule has 3 heteroatoms. The van der Waals surface area contributed by atoms with E-state index in [1.165, 1.54) is 6.92 Å². The van der Waals surface area contributed by atoms with Gasteiger partial charge in [-0.1, -0.05) is 25.3 Å². The Balaban J connectivity index is 1.88. The third-order valence-corrected chi connectivity index (χ3v) is 3.02. The molecule has 0 N–H and O–H groups in total. The molecule has 0 saturated heterocycles. The Morgan fingerprint density at radius 3 is 2.59 bits per heavy atom. The van der Waals surface area contributed by atoms with E-state index in [9.17, 15) is 9.59 Å². The van der Waals surface area contributed by atoms with Gasteiger partial charge in [0, 0.05) is 13.3 Å². The van der Waals surface area contributed by atoms with E-state index in [1.807, 2.05) is 0 Å². The van der Waals surface area contributed by atoms with Crippen LogP contribution in [0.2, 0.25) is 0 Å². The van der Waals surface area contributed by atoms with Gasteiger partial charge in [0.2, 0.25) is 0 Å². The summed E-state index contributed by atoms with van der Waals surface area (Å²) in [5, 5.41) is 0. The maximum absolute atomic E-state index is 11.3. The second-order valence-electron chi connectivity index (χ2n) is 4.55. The van der Waals surface area contributed by atoms with Crippen molar-refractivity contribution in [2.24, 2.45) is 0 Å². The van der Waals surface area contributed by atoms with E-state index in [2.05, 4.69) is 6.08 Å². The van der Waals surface area contributed by atoms with E-state index in [0.29, 0.717) is 12.4 Å². The van der Waals surface area contributed by atoms with E-state index in [4.69, 9.17) is 4.74 Å². The Morgan fingerprint density at radius 1 is 1.24 bits per heavy atom. The van der Waals surface area contributed by atoms with E-state index in [1.54, 1.807) is 0 Å². The maximum Gasteiger partial charge on any atom is 0.302 e. The molecule has 96 valence electrons. The molecular formula is C14H22O3. The zero-order chi connectivity index (χ0) is 12.5. The molecule has 0 spiro atoms. The fraction of sp³-hybridized carbons (Fsp3) is 0.714. The lowest BCUT2D eigenvalue weighted by Gasteiger charge is -2.03. The molecule has 0 unspecified atom stereocenters. The van der Waals surface area contributed by atoms with Crippen molar-refractivity contribution in [3.63, 3.8) is 0 Å². The first-order chi connectivity index (χ1) is 8.20. The van der Waals surface area contributed by atoms with Crippen molar-refractivity contribution in [2.75, 3.05) is 6.61 Å². The first-order valence-corrected chi connectivity index (χ1v) is 6.56. The van der Waals surface area contributed by atoms with Crippen molar-refractivity contribution < 1.29 is 14.3 Å². The van der Waals surface area contributed by atoms with Crippen LogP contribution in [-0.4, -0.2) is 18.4 Å². The first kappa shape index (κ1) is 13.9. The van der Waals surface area contributed by atoms with Gasteiger partial charge in [-0.05, 0) is 31.3 Å². The van der Waals surface area contributed by atoms with Crippen LogP contribution in [0.15, 0.2) is 11.6 Å². The van der Waals surface area contributed by atoms with Crippen molar-refractivity contribution in [3.05, 3.63) is 11.6 Å². The number of unbranched alkanes of at least 4 members (excludes halogenated alkanes) is 4. The van der Waals surface area contributed by atoms with E-state index in [0.717, 1.165) is 56.9 Å². The molecule has 0 aromatic heterocycles. The quantitative estimate of drug-likeness (QED) is 0.482. The number of ketones is 1. The predicted octanol–water partition coefficient (Wildman–Crippen LogP) is 3.18. The molecule has 3 nitrogen and oxygen atoms in total. The van der Waals surface area contributed by atoms with Gasteiger partial charge < -0.3 is 4.74 Å². The topological polar surface area (TPSA) is 43.4 Å². The Kier molecular flexibility index (Phi) is 6.60. The Morgan fingerprint density at radius 2 is 1.94 bits per heavy atom. The molecule has 0 amide bonds. The fourth-order valence-corrected chi connectivity index (χ4v) is 2.06. The van der Waals surface area contributed by atoms with Crippen LogP contribution < -0.4 is 0 Å². The molecule has 1 aliphatic rings. The van der Waals surface area contributed by atoms with Crippen LogP contribution in [0.25, 0.3) is 0 Å². The number of ether oxygens (including phenoxy) is 1. The lowest BCUT2D eigenvalue weighted by atomic mass is 10.0. The number of carbonyl (C=O) groups excluding carboxylic acids is 2. The molecule has 0 radical (unpaired) electrons. The van der Waals surface area contributed by atoms with Crippen LogP contribution in [0.3, 0.4) is 0 Å². The predicted molar refractivity (Wildman–Crippen MR) is 66.7 cm³/mol. The normalized spacial score (nSPS) is 14.9. The summed E-state index contributed by atoms with van der Waals surface area (Å²) in [6.45, 7) is 1.98. The number of rotatable bonds is 8. The molecular weight excluding hydrogens is 216 g/mol. The van der Waals surface area contributed by atoms with Crippen LogP contribution in [0.5, 0.6) is 0 Å². The maximum atomic E-state index is 11.3. The Bertz CT molecular complexity index is 292. The summed E-state index contributed by atoms with van der Waals surface area (Å²) in [6.07, 6.45) is 10.2. The summed E-state index contributed by atoms with van der Waals surface area (Å²) < 4.78 is 4.85. The van der Waals surface area contributed by atoms with Crippen molar-refractivity contribution in [2.45, 2.75) is 58.3 Å².